The van der Waals surface area contributed by atoms with E-state index in [1.807, 2.05) is 20.8 Å². The molecule has 0 saturated carbocycles. The largest absolute Gasteiger partial charge is 0.481 e. The van der Waals surface area contributed by atoms with Crippen LogP contribution in [0.3, 0.4) is 0 Å². The summed E-state index contributed by atoms with van der Waals surface area (Å²) in [6, 6.07) is 13.2. The summed E-state index contributed by atoms with van der Waals surface area (Å²) in [6.45, 7) is 25.5. The standard InChI is InChI=1S/C33H53N7O3.C29H45N7O3.C2HF3O/c1-7-8-11-28-36-30-31(26-24-25(12-13-27(26)35-32(30)34)39-19-17-38(6)18-20-39)40(28)16-10-9-15-37(5)21-23-42-22-14-29(41)43-33(2,3)4;1-4-5-8-25-32-27-28(36(25)13-7-6-12-33(2)18-20-39-19-11-26(37)38)23-21-22(9-10-24(23)31-29(27)30)35-16-14-34(3)15-17-35;3-2(4,5)1-6/h12-13,24H,7-11,14-23H2,1-6H3,(H2,34,35);9-10,21H,4-8,11-20H2,1-3H3,(H2,30,31)(H,37,38);1H. The number of aliphatic carboxylic acids is 1. The number of likely N-dealkylation sites (N-methyl/N-ethyl adjacent to an activating group) is 4. The van der Waals surface area contributed by atoms with Gasteiger partial charge in [0.2, 0.25) is 6.29 Å². The second kappa shape index (κ2) is 34.5. The lowest BCUT2D eigenvalue weighted by Crippen LogP contribution is -2.44. The molecule has 24 heteroatoms. The number of nitrogens with two attached hydrogens (primary N) is 2. The van der Waals surface area contributed by atoms with Gasteiger partial charge in [-0.05, 0) is 137 Å². The number of halogens is 3. The van der Waals surface area contributed by atoms with E-state index in [1.54, 1.807) is 0 Å². The number of aldehydes is 1. The number of ether oxygens (including phenoxy) is 3. The first kappa shape index (κ1) is 70.6. The number of alkyl halides is 3. The minimum atomic E-state index is -4.64. The molecule has 2 aliphatic heterocycles. The van der Waals surface area contributed by atoms with E-state index in [0.717, 1.165) is 211 Å². The van der Waals surface area contributed by atoms with Crippen LogP contribution in [0, 0.1) is 0 Å². The van der Waals surface area contributed by atoms with Gasteiger partial charge in [0.05, 0.1) is 61.3 Å². The highest BCUT2D eigenvalue weighted by Gasteiger charge is 2.26. The first-order chi connectivity index (χ1) is 42.0. The fourth-order valence-electron chi connectivity index (χ4n) is 10.8. The topological polar surface area (TPSA) is 232 Å². The molecule has 88 heavy (non-hydrogen) atoms. The number of carboxylic acid groups (broad SMARTS) is 1. The van der Waals surface area contributed by atoms with Crippen LogP contribution in [-0.2, 0) is 54.5 Å². The molecule has 4 aromatic heterocycles. The van der Waals surface area contributed by atoms with Gasteiger partial charge >= 0.3 is 18.1 Å². The van der Waals surface area contributed by atoms with E-state index in [1.165, 1.54) is 11.4 Å². The highest BCUT2D eigenvalue weighted by molar-refractivity contribution is 6.08. The number of unbranched alkanes of at least 4 members (excludes halogenated alkanes) is 4. The van der Waals surface area contributed by atoms with Crippen LogP contribution in [0.5, 0.6) is 0 Å². The summed E-state index contributed by atoms with van der Waals surface area (Å²) in [4.78, 5) is 64.9. The zero-order valence-corrected chi connectivity index (χ0v) is 53.8. The predicted molar refractivity (Wildman–Crippen MR) is 345 cm³/mol. The van der Waals surface area contributed by atoms with Crippen LogP contribution in [0.4, 0.5) is 36.2 Å². The van der Waals surface area contributed by atoms with E-state index in [0.29, 0.717) is 31.5 Å². The van der Waals surface area contributed by atoms with E-state index in [-0.39, 0.29) is 25.4 Å². The average molecular weight is 1230 g/mol. The lowest BCUT2D eigenvalue weighted by atomic mass is 10.1. The molecule has 488 valence electrons. The number of benzene rings is 2. The number of piperazine rings is 2. The maximum absolute atomic E-state index is 11.8. The van der Waals surface area contributed by atoms with Crippen molar-refractivity contribution >= 4 is 85.1 Å². The second-order valence-electron chi connectivity index (χ2n) is 24.3. The third kappa shape index (κ3) is 22.0. The fraction of sp³-hybridized carbons (Fsp3) is 0.641. The Labute approximate surface area is 517 Å². The molecule has 0 atom stereocenters. The molecule has 6 aromatic rings. The van der Waals surface area contributed by atoms with Crippen LogP contribution < -0.4 is 21.3 Å². The van der Waals surface area contributed by atoms with Crippen molar-refractivity contribution in [3.05, 3.63) is 48.0 Å². The number of pyridine rings is 2. The number of aryl methyl sites for hydroxylation is 4. The molecule has 5 N–H and O–H groups in total. The van der Waals surface area contributed by atoms with Crippen molar-refractivity contribution in [2.75, 3.05) is 154 Å². The van der Waals surface area contributed by atoms with Gasteiger partial charge in [0.25, 0.3) is 0 Å². The first-order valence-electron chi connectivity index (χ1n) is 31.5. The Morgan fingerprint density at radius 3 is 1.40 bits per heavy atom. The molecule has 0 spiro atoms. The van der Waals surface area contributed by atoms with Crippen molar-refractivity contribution < 1.29 is 46.9 Å². The van der Waals surface area contributed by atoms with E-state index in [4.69, 9.17) is 55.5 Å². The minimum absolute atomic E-state index is 0.0501. The van der Waals surface area contributed by atoms with Crippen molar-refractivity contribution in [1.29, 1.82) is 0 Å². The van der Waals surface area contributed by atoms with Crippen molar-refractivity contribution in [3.63, 3.8) is 0 Å². The van der Waals surface area contributed by atoms with Gasteiger partial charge in [0.1, 0.15) is 28.3 Å². The number of anilines is 4. The number of carbonyl (C=O) groups is 3. The average Bonchev–Trinajstić information content (AvgIpc) is 1.72. The Balaban J connectivity index is 0.000000258. The molecular formula is C64H99F3N14O7. The summed E-state index contributed by atoms with van der Waals surface area (Å²) in [5, 5.41) is 11.0. The number of esters is 1. The van der Waals surface area contributed by atoms with Crippen molar-refractivity contribution in [2.24, 2.45) is 0 Å². The van der Waals surface area contributed by atoms with Gasteiger partial charge in [0.15, 0.2) is 11.6 Å². The number of nitrogen functional groups attached to an aromatic ring is 2. The smallest absolute Gasteiger partial charge is 0.446 e. The lowest BCUT2D eigenvalue weighted by Gasteiger charge is -2.34. The number of rotatable bonds is 30. The summed E-state index contributed by atoms with van der Waals surface area (Å²) in [7, 11) is 8.57. The van der Waals surface area contributed by atoms with Gasteiger partial charge in [-0.2, -0.15) is 13.2 Å². The summed E-state index contributed by atoms with van der Waals surface area (Å²) >= 11 is 0. The SMILES string of the molecule is CCCCc1nc2c(N)nc3ccc(N4CCN(C)CC4)cc3c2n1CCCCN(C)CCOCCC(=O)O.CCCCc1nc2c(N)nc3ccc(N4CCN(C)CC4)cc3c2n1CCCCN(C)CCOCCC(=O)OC(C)(C)C.O=CC(F)(F)F. The molecule has 21 nitrogen and oxygen atoms in total. The molecule has 2 fully saturated rings. The monoisotopic (exact) mass is 1230 g/mol. The van der Waals surface area contributed by atoms with Gasteiger partial charge < -0.3 is 69.3 Å². The van der Waals surface area contributed by atoms with Gasteiger partial charge in [-0.15, -0.1) is 0 Å². The van der Waals surface area contributed by atoms with Crippen LogP contribution in [0.2, 0.25) is 0 Å². The van der Waals surface area contributed by atoms with Gasteiger partial charge in [-0.25, -0.2) is 19.9 Å². The summed E-state index contributed by atoms with van der Waals surface area (Å²) < 4.78 is 52.5. The molecular weight excluding hydrogens is 1130 g/mol. The van der Waals surface area contributed by atoms with Crippen LogP contribution in [0.1, 0.15) is 110 Å². The Hall–Kier alpha value is -6.44. The first-order valence-corrected chi connectivity index (χ1v) is 31.5. The van der Waals surface area contributed by atoms with Crippen molar-refractivity contribution in [3.8, 4) is 0 Å². The van der Waals surface area contributed by atoms with Gasteiger partial charge in [0, 0.05) is 114 Å². The molecule has 0 bridgehead atoms. The summed E-state index contributed by atoms with van der Waals surface area (Å²) in [6.07, 6.45) is 5.09. The number of nitrogens with zero attached hydrogens (tertiary/aromatic N) is 12. The summed E-state index contributed by atoms with van der Waals surface area (Å²) in [5.74, 6) is 2.18. The number of imidazole rings is 2. The van der Waals surface area contributed by atoms with Crippen LogP contribution in [0.25, 0.3) is 43.9 Å². The van der Waals surface area contributed by atoms with Gasteiger partial charge in [-0.3, -0.25) is 14.4 Å². The molecule has 6 heterocycles. The van der Waals surface area contributed by atoms with E-state index < -0.39 is 24.0 Å². The number of carbonyl (C=O) groups excluding carboxylic acids is 2. The summed E-state index contributed by atoms with van der Waals surface area (Å²) in [5.41, 5.74) is 20.7. The van der Waals surface area contributed by atoms with Crippen LogP contribution >= 0.6 is 0 Å². The predicted octanol–water partition coefficient (Wildman–Crippen LogP) is 8.93. The highest BCUT2D eigenvalue weighted by atomic mass is 19.4. The number of hydrogen-bond acceptors (Lipinski definition) is 18. The van der Waals surface area contributed by atoms with E-state index in [9.17, 15) is 22.8 Å². The maximum Gasteiger partial charge on any atom is 0.446 e. The number of carboxylic acids is 1. The Morgan fingerprint density at radius 2 is 1.02 bits per heavy atom. The Kier molecular flexibility index (Phi) is 27.7. The van der Waals surface area contributed by atoms with Crippen molar-refractivity contribution in [1.82, 2.24) is 48.7 Å². The number of fused-ring (bicyclic) bond motifs is 6. The van der Waals surface area contributed by atoms with E-state index >= 15 is 0 Å². The van der Waals surface area contributed by atoms with E-state index in [2.05, 4.69) is 117 Å². The normalized spacial score (nSPS) is 14.5. The quantitative estimate of drug-likeness (QED) is 0.0217. The minimum Gasteiger partial charge on any atom is -0.481 e. The van der Waals surface area contributed by atoms with Crippen molar-refractivity contribution in [2.45, 2.75) is 137 Å². The Morgan fingerprint density at radius 1 is 0.614 bits per heavy atom. The lowest BCUT2D eigenvalue weighted by molar-refractivity contribution is -0.156. The third-order valence-corrected chi connectivity index (χ3v) is 15.8. The molecule has 0 amide bonds. The molecule has 8 rings (SSSR count). The second-order valence-corrected chi connectivity index (χ2v) is 24.3. The molecule has 2 saturated heterocycles. The van der Waals surface area contributed by atoms with Crippen LogP contribution in [-0.4, -0.2) is 217 Å². The third-order valence-electron chi connectivity index (χ3n) is 15.8. The Bertz CT molecular complexity index is 3150. The number of hydrogen-bond donors (Lipinski definition) is 3. The number of aromatic nitrogens is 6. The molecule has 2 aromatic carbocycles. The molecule has 0 unspecified atom stereocenters. The molecule has 0 radical (unpaired) electrons. The zero-order valence-electron chi connectivity index (χ0n) is 53.8. The maximum atomic E-state index is 11.8. The van der Waals surface area contributed by atoms with Gasteiger partial charge in [-0.1, -0.05) is 26.7 Å². The molecule has 2 aliphatic rings. The zero-order chi connectivity index (χ0) is 64.0. The fourth-order valence-corrected chi connectivity index (χ4v) is 10.8. The highest BCUT2D eigenvalue weighted by Crippen LogP contribution is 2.35. The van der Waals surface area contributed by atoms with Crippen LogP contribution in [0.15, 0.2) is 36.4 Å². The molecule has 0 aliphatic carbocycles.